The molecule has 1 saturated heterocycles. The lowest BCUT2D eigenvalue weighted by atomic mass is 10.0. The standard InChI is InChI=1S/C27H24N2O2/c1-2-9-23(10-3-1)31-24-15-13-22(14-16-24)28-27(29-17-19-30-20-18-29)26-12-6-8-21-7-4-5-11-25(21)26/h1-16H,17-20H2. The molecule has 0 amide bonds. The van der Waals surface area contributed by atoms with E-state index in [4.69, 9.17) is 14.5 Å². The van der Waals surface area contributed by atoms with Gasteiger partial charge in [0.2, 0.25) is 0 Å². The summed E-state index contributed by atoms with van der Waals surface area (Å²) in [5, 5.41) is 2.42. The monoisotopic (exact) mass is 408 g/mol. The molecule has 5 rings (SSSR count). The van der Waals surface area contributed by atoms with Crippen LogP contribution >= 0.6 is 0 Å². The van der Waals surface area contributed by atoms with Crippen molar-refractivity contribution in [3.8, 4) is 11.5 Å². The van der Waals surface area contributed by atoms with E-state index < -0.39 is 0 Å². The Kier molecular flexibility index (Phi) is 5.63. The number of para-hydroxylation sites is 1. The zero-order valence-corrected chi connectivity index (χ0v) is 17.3. The largest absolute Gasteiger partial charge is 0.457 e. The number of hydrogen-bond donors (Lipinski definition) is 0. The Morgan fingerprint density at radius 3 is 2.19 bits per heavy atom. The van der Waals surface area contributed by atoms with E-state index in [2.05, 4.69) is 47.4 Å². The van der Waals surface area contributed by atoms with Crippen molar-refractivity contribution in [3.63, 3.8) is 0 Å². The highest BCUT2D eigenvalue weighted by Crippen LogP contribution is 2.26. The smallest absolute Gasteiger partial charge is 0.137 e. The Hall–Kier alpha value is -3.63. The summed E-state index contributed by atoms with van der Waals surface area (Å²) in [7, 11) is 0. The first-order valence-corrected chi connectivity index (χ1v) is 10.6. The molecule has 4 aromatic carbocycles. The lowest BCUT2D eigenvalue weighted by Crippen LogP contribution is -2.41. The zero-order chi connectivity index (χ0) is 20.9. The van der Waals surface area contributed by atoms with Crippen molar-refractivity contribution in [2.75, 3.05) is 26.3 Å². The number of aliphatic imine (C=N–C) groups is 1. The molecule has 0 N–H and O–H groups in total. The number of amidine groups is 1. The molecule has 0 saturated carbocycles. The minimum Gasteiger partial charge on any atom is -0.457 e. The second-order valence-corrected chi connectivity index (χ2v) is 7.47. The third-order valence-corrected chi connectivity index (χ3v) is 5.39. The number of benzene rings is 4. The third kappa shape index (κ3) is 4.44. The first-order chi connectivity index (χ1) is 15.4. The van der Waals surface area contributed by atoms with E-state index in [-0.39, 0.29) is 0 Å². The summed E-state index contributed by atoms with van der Waals surface area (Å²) in [6.07, 6.45) is 0. The molecular weight excluding hydrogens is 384 g/mol. The average Bonchev–Trinajstić information content (AvgIpc) is 2.84. The van der Waals surface area contributed by atoms with Gasteiger partial charge in [0.05, 0.1) is 18.9 Å². The molecule has 31 heavy (non-hydrogen) atoms. The Bertz CT molecular complexity index is 1180. The first-order valence-electron chi connectivity index (χ1n) is 10.6. The molecule has 0 aliphatic carbocycles. The molecule has 1 fully saturated rings. The van der Waals surface area contributed by atoms with Gasteiger partial charge in [0.25, 0.3) is 0 Å². The first kappa shape index (κ1) is 19.3. The van der Waals surface area contributed by atoms with Gasteiger partial charge in [-0.3, -0.25) is 0 Å². The van der Waals surface area contributed by atoms with Crippen molar-refractivity contribution >= 4 is 22.3 Å². The van der Waals surface area contributed by atoms with Crippen LogP contribution < -0.4 is 4.74 Å². The summed E-state index contributed by atoms with van der Waals surface area (Å²) >= 11 is 0. The molecule has 4 heteroatoms. The summed E-state index contributed by atoms with van der Waals surface area (Å²) in [5.41, 5.74) is 2.04. The van der Waals surface area contributed by atoms with Crippen LogP contribution in [-0.2, 0) is 4.74 Å². The van der Waals surface area contributed by atoms with Gasteiger partial charge in [-0.25, -0.2) is 4.99 Å². The van der Waals surface area contributed by atoms with Crippen LogP contribution in [0.4, 0.5) is 5.69 Å². The number of fused-ring (bicyclic) bond motifs is 1. The van der Waals surface area contributed by atoms with Crippen LogP contribution in [0.15, 0.2) is 102 Å². The number of hydrogen-bond acceptors (Lipinski definition) is 3. The second kappa shape index (κ2) is 9.02. The average molecular weight is 409 g/mol. The van der Waals surface area contributed by atoms with Crippen molar-refractivity contribution in [3.05, 3.63) is 103 Å². The molecule has 4 aromatic rings. The van der Waals surface area contributed by atoms with Crippen LogP contribution in [0.2, 0.25) is 0 Å². The van der Waals surface area contributed by atoms with Crippen molar-refractivity contribution in [1.82, 2.24) is 4.90 Å². The molecule has 1 aliphatic rings. The summed E-state index contributed by atoms with van der Waals surface area (Å²) in [6.45, 7) is 3.09. The normalized spacial score (nSPS) is 14.6. The highest BCUT2D eigenvalue weighted by molar-refractivity contribution is 6.10. The van der Waals surface area contributed by atoms with Crippen molar-refractivity contribution in [1.29, 1.82) is 0 Å². The van der Waals surface area contributed by atoms with Gasteiger partial charge >= 0.3 is 0 Å². The van der Waals surface area contributed by atoms with Gasteiger partial charge in [0, 0.05) is 18.7 Å². The molecule has 154 valence electrons. The van der Waals surface area contributed by atoms with Crippen molar-refractivity contribution in [2.45, 2.75) is 0 Å². The van der Waals surface area contributed by atoms with Crippen LogP contribution in [0.5, 0.6) is 11.5 Å². The summed E-state index contributed by atoms with van der Waals surface area (Å²) in [4.78, 5) is 7.40. The fourth-order valence-corrected chi connectivity index (χ4v) is 3.83. The maximum Gasteiger partial charge on any atom is 0.137 e. The Labute approximate surface area is 182 Å². The van der Waals surface area contributed by atoms with Crippen LogP contribution in [-0.4, -0.2) is 37.0 Å². The molecule has 0 atom stereocenters. The third-order valence-electron chi connectivity index (χ3n) is 5.39. The van der Waals surface area contributed by atoms with E-state index in [1.807, 2.05) is 54.6 Å². The minimum absolute atomic E-state index is 0.716. The fourth-order valence-electron chi connectivity index (χ4n) is 3.83. The van der Waals surface area contributed by atoms with Crippen LogP contribution in [0, 0.1) is 0 Å². The van der Waals surface area contributed by atoms with Crippen LogP contribution in [0.3, 0.4) is 0 Å². The van der Waals surface area contributed by atoms with E-state index in [1.54, 1.807) is 0 Å². The lowest BCUT2D eigenvalue weighted by molar-refractivity contribution is 0.0683. The molecule has 4 nitrogen and oxygen atoms in total. The lowest BCUT2D eigenvalue weighted by Gasteiger charge is -2.30. The molecular formula is C27H24N2O2. The molecule has 0 radical (unpaired) electrons. The van der Waals surface area contributed by atoms with Gasteiger partial charge in [-0.1, -0.05) is 60.7 Å². The summed E-state index contributed by atoms with van der Waals surface area (Å²) in [5.74, 6) is 2.60. The topological polar surface area (TPSA) is 34.1 Å². The molecule has 0 aromatic heterocycles. The van der Waals surface area contributed by atoms with Gasteiger partial charge in [-0.2, -0.15) is 0 Å². The Morgan fingerprint density at radius 2 is 1.39 bits per heavy atom. The van der Waals surface area contributed by atoms with Crippen molar-refractivity contribution in [2.24, 2.45) is 4.99 Å². The highest BCUT2D eigenvalue weighted by Gasteiger charge is 2.19. The number of morpholine rings is 1. The van der Waals surface area contributed by atoms with Gasteiger partial charge in [-0.05, 0) is 47.2 Å². The molecule has 1 aliphatic heterocycles. The SMILES string of the molecule is c1ccc(Oc2ccc(N=C(c3cccc4ccccc34)N3CCOCC3)cc2)cc1. The predicted molar refractivity (Wildman–Crippen MR) is 125 cm³/mol. The van der Waals surface area contributed by atoms with E-state index >= 15 is 0 Å². The van der Waals surface area contributed by atoms with Gasteiger partial charge in [0.15, 0.2) is 0 Å². The Morgan fingerprint density at radius 1 is 0.710 bits per heavy atom. The molecule has 0 bridgehead atoms. The number of rotatable bonds is 4. The molecule has 0 spiro atoms. The van der Waals surface area contributed by atoms with Gasteiger partial charge in [0.1, 0.15) is 17.3 Å². The second-order valence-electron chi connectivity index (χ2n) is 7.47. The van der Waals surface area contributed by atoms with Gasteiger partial charge < -0.3 is 14.4 Å². The quantitative estimate of drug-likeness (QED) is 0.305. The number of ether oxygens (including phenoxy) is 2. The predicted octanol–water partition coefficient (Wildman–Crippen LogP) is 6.04. The van der Waals surface area contributed by atoms with Crippen LogP contribution in [0.25, 0.3) is 10.8 Å². The van der Waals surface area contributed by atoms with E-state index in [0.29, 0.717) is 13.2 Å². The van der Waals surface area contributed by atoms with E-state index in [1.165, 1.54) is 10.8 Å². The van der Waals surface area contributed by atoms with E-state index in [0.717, 1.165) is 41.7 Å². The zero-order valence-electron chi connectivity index (χ0n) is 17.3. The summed E-state index contributed by atoms with van der Waals surface area (Å²) in [6, 6.07) is 32.6. The van der Waals surface area contributed by atoms with Gasteiger partial charge in [-0.15, -0.1) is 0 Å². The van der Waals surface area contributed by atoms with E-state index in [9.17, 15) is 0 Å². The fraction of sp³-hybridized carbons (Fsp3) is 0.148. The minimum atomic E-state index is 0.716. The van der Waals surface area contributed by atoms with Crippen LogP contribution in [0.1, 0.15) is 5.56 Å². The van der Waals surface area contributed by atoms with Crippen molar-refractivity contribution < 1.29 is 9.47 Å². The summed E-state index contributed by atoms with van der Waals surface area (Å²) < 4.78 is 11.5. The number of nitrogens with zero attached hydrogens (tertiary/aromatic N) is 2. The molecule has 0 unspecified atom stereocenters. The molecule has 1 heterocycles. The Balaban J connectivity index is 1.50. The highest BCUT2D eigenvalue weighted by atomic mass is 16.5. The maximum absolute atomic E-state index is 5.92. The maximum atomic E-state index is 5.92.